The number of nitrogens with one attached hydrogen (secondary N) is 2. The van der Waals surface area contributed by atoms with E-state index in [0.29, 0.717) is 0 Å². The molecule has 1 rings (SSSR count). The van der Waals surface area contributed by atoms with E-state index in [2.05, 4.69) is 55.0 Å². The molecule has 0 atom stereocenters. The van der Waals surface area contributed by atoms with Gasteiger partial charge in [0.25, 0.3) is 0 Å². The maximum absolute atomic E-state index is 4.09. The highest BCUT2D eigenvalue weighted by atomic mass is 14.9. The average molecular weight is 272 g/mol. The lowest BCUT2D eigenvalue weighted by Crippen LogP contribution is -2.07. The molecule has 1 aromatic carbocycles. The molecule has 0 unspecified atom stereocenters. The zero-order valence-electron chi connectivity index (χ0n) is 13.0. The fourth-order valence-electron chi connectivity index (χ4n) is 2.02. The van der Waals surface area contributed by atoms with Gasteiger partial charge >= 0.3 is 0 Å². The van der Waals surface area contributed by atoms with Crippen LogP contribution in [0.2, 0.25) is 0 Å². The Kier molecular flexibility index (Phi) is 7.74. The van der Waals surface area contributed by atoms with Crippen LogP contribution in [0, 0.1) is 0 Å². The van der Waals surface area contributed by atoms with Crippen LogP contribution in [0.5, 0.6) is 0 Å². The van der Waals surface area contributed by atoms with Crippen molar-refractivity contribution in [1.29, 1.82) is 0 Å². The second-order valence-electron chi connectivity index (χ2n) is 5.44. The van der Waals surface area contributed by atoms with Crippen LogP contribution in [-0.2, 0) is 6.42 Å². The zero-order valence-corrected chi connectivity index (χ0v) is 13.0. The lowest BCUT2D eigenvalue weighted by atomic mass is 10.1. The summed E-state index contributed by atoms with van der Waals surface area (Å²) in [7, 11) is 1.99. The largest absolute Gasteiger partial charge is 0.359 e. The summed E-state index contributed by atoms with van der Waals surface area (Å²) in [5, 5.41) is 6.54. The van der Waals surface area contributed by atoms with Gasteiger partial charge in [-0.2, -0.15) is 0 Å². The molecule has 0 aliphatic rings. The van der Waals surface area contributed by atoms with Gasteiger partial charge in [-0.3, -0.25) is 0 Å². The van der Waals surface area contributed by atoms with Crippen LogP contribution in [0.25, 0.3) is 0 Å². The van der Waals surface area contributed by atoms with Crippen LogP contribution in [-0.4, -0.2) is 13.6 Å². The molecule has 2 nitrogen and oxygen atoms in total. The first-order chi connectivity index (χ1) is 9.61. The van der Waals surface area contributed by atoms with E-state index in [1.165, 1.54) is 24.0 Å². The molecule has 2 N–H and O–H groups in total. The Hall–Kier alpha value is -1.54. The zero-order chi connectivity index (χ0) is 14.8. The normalized spacial score (nSPS) is 10.3. The highest BCUT2D eigenvalue weighted by Crippen LogP contribution is 2.15. The number of allylic oxidation sites excluding steroid dienone is 2. The maximum Gasteiger partial charge on any atom is 0.0381 e. The molecule has 0 fully saturated rings. The first kappa shape index (κ1) is 16.5. The smallest absolute Gasteiger partial charge is 0.0381 e. The molecule has 0 spiro atoms. The summed E-state index contributed by atoms with van der Waals surface area (Å²) in [6.07, 6.45) is 5.52. The fourth-order valence-corrected chi connectivity index (χ4v) is 2.02. The molecule has 0 saturated heterocycles. The third-order valence-electron chi connectivity index (χ3n) is 3.27. The van der Waals surface area contributed by atoms with Crippen LogP contribution in [0.1, 0.15) is 38.2 Å². The third-order valence-corrected chi connectivity index (χ3v) is 3.27. The number of aryl methyl sites for hydroxylation is 1. The number of hydrogen-bond donors (Lipinski definition) is 2. The summed E-state index contributed by atoms with van der Waals surface area (Å²) in [4.78, 5) is 0. The van der Waals surface area contributed by atoms with Crippen LogP contribution in [0.3, 0.4) is 0 Å². The second-order valence-corrected chi connectivity index (χ2v) is 5.44. The van der Waals surface area contributed by atoms with Crippen molar-refractivity contribution in [2.45, 2.75) is 39.0 Å². The van der Waals surface area contributed by atoms with E-state index in [-0.39, 0.29) is 0 Å². The summed E-state index contributed by atoms with van der Waals surface area (Å²) in [6, 6.07) is 8.62. The minimum atomic E-state index is 1.03. The molecule has 1 aromatic rings. The van der Waals surface area contributed by atoms with Crippen molar-refractivity contribution in [3.8, 4) is 0 Å². The molecular formula is C18H28N2. The van der Waals surface area contributed by atoms with E-state index >= 15 is 0 Å². The maximum atomic E-state index is 4.09. The number of anilines is 1. The quantitative estimate of drug-likeness (QED) is 0.483. The van der Waals surface area contributed by atoms with Crippen LogP contribution in [0.15, 0.2) is 48.7 Å². The van der Waals surface area contributed by atoms with Crippen molar-refractivity contribution in [2.24, 2.45) is 0 Å². The topological polar surface area (TPSA) is 24.1 Å². The number of benzene rings is 1. The Balaban J connectivity index is 2.33. The van der Waals surface area contributed by atoms with Gasteiger partial charge in [0.15, 0.2) is 0 Å². The first-order valence-corrected chi connectivity index (χ1v) is 7.44. The standard InChI is InChI=1S/C18H28N2/c1-15(2)8-9-17-10-12-18(13-11-17)20-16(3)7-5-6-14-19-4/h10-13,19-20H,1,3,5-9,14H2,2,4H3. The van der Waals surface area contributed by atoms with Crippen LogP contribution in [0.4, 0.5) is 5.69 Å². The molecule has 110 valence electrons. The van der Waals surface area contributed by atoms with Crippen molar-refractivity contribution in [1.82, 2.24) is 5.32 Å². The highest BCUT2D eigenvalue weighted by Gasteiger charge is 1.98. The Morgan fingerprint density at radius 3 is 2.35 bits per heavy atom. The Morgan fingerprint density at radius 1 is 1.05 bits per heavy atom. The summed E-state index contributed by atoms with van der Waals surface area (Å²) >= 11 is 0. The fraction of sp³-hybridized carbons (Fsp3) is 0.444. The Morgan fingerprint density at radius 2 is 1.75 bits per heavy atom. The van der Waals surface area contributed by atoms with Gasteiger partial charge in [-0.25, -0.2) is 0 Å². The molecule has 2 heteroatoms. The number of rotatable bonds is 10. The first-order valence-electron chi connectivity index (χ1n) is 7.44. The molecule has 0 bridgehead atoms. The minimum Gasteiger partial charge on any atom is -0.359 e. The van der Waals surface area contributed by atoms with Gasteiger partial charge in [-0.1, -0.05) is 24.3 Å². The van der Waals surface area contributed by atoms with Gasteiger partial charge in [0, 0.05) is 11.4 Å². The van der Waals surface area contributed by atoms with Crippen LogP contribution < -0.4 is 10.6 Å². The molecule has 0 aromatic heterocycles. The highest BCUT2D eigenvalue weighted by molar-refractivity contribution is 5.48. The predicted molar refractivity (Wildman–Crippen MR) is 90.1 cm³/mol. The molecule has 0 radical (unpaired) electrons. The van der Waals surface area contributed by atoms with Crippen LogP contribution >= 0.6 is 0 Å². The third kappa shape index (κ3) is 7.15. The van der Waals surface area contributed by atoms with E-state index in [9.17, 15) is 0 Å². The molecule has 0 aliphatic heterocycles. The van der Waals surface area contributed by atoms with E-state index in [0.717, 1.165) is 37.2 Å². The Bertz CT molecular complexity index is 418. The second kappa shape index (κ2) is 9.38. The van der Waals surface area contributed by atoms with Gasteiger partial charge in [0.2, 0.25) is 0 Å². The lowest BCUT2D eigenvalue weighted by Gasteiger charge is -2.10. The van der Waals surface area contributed by atoms with E-state index in [1.807, 2.05) is 7.05 Å². The summed E-state index contributed by atoms with van der Waals surface area (Å²) in [5.41, 5.74) is 4.82. The minimum absolute atomic E-state index is 1.03. The molecule has 20 heavy (non-hydrogen) atoms. The summed E-state index contributed by atoms with van der Waals surface area (Å²) < 4.78 is 0. The van der Waals surface area contributed by atoms with Gasteiger partial charge in [-0.15, -0.1) is 6.58 Å². The summed E-state index contributed by atoms with van der Waals surface area (Å²) in [5.74, 6) is 0. The molecule has 0 aliphatic carbocycles. The van der Waals surface area contributed by atoms with E-state index in [4.69, 9.17) is 0 Å². The molecule has 0 amide bonds. The van der Waals surface area contributed by atoms with Gasteiger partial charge in [0.1, 0.15) is 0 Å². The van der Waals surface area contributed by atoms with Crippen molar-refractivity contribution < 1.29 is 0 Å². The lowest BCUT2D eigenvalue weighted by molar-refractivity contribution is 0.676. The van der Waals surface area contributed by atoms with E-state index in [1.54, 1.807) is 0 Å². The van der Waals surface area contributed by atoms with Crippen molar-refractivity contribution in [3.05, 3.63) is 54.3 Å². The van der Waals surface area contributed by atoms with Crippen molar-refractivity contribution in [2.75, 3.05) is 18.9 Å². The Labute approximate surface area is 124 Å². The van der Waals surface area contributed by atoms with Crippen molar-refractivity contribution in [3.63, 3.8) is 0 Å². The summed E-state index contributed by atoms with van der Waals surface area (Å²) in [6.45, 7) is 11.2. The molecule has 0 heterocycles. The van der Waals surface area contributed by atoms with Crippen molar-refractivity contribution >= 4 is 5.69 Å². The molecular weight excluding hydrogens is 244 g/mol. The van der Waals surface area contributed by atoms with Gasteiger partial charge in [0.05, 0.1) is 0 Å². The van der Waals surface area contributed by atoms with E-state index < -0.39 is 0 Å². The number of unbranched alkanes of at least 4 members (excludes halogenated alkanes) is 1. The van der Waals surface area contributed by atoms with Gasteiger partial charge in [-0.05, 0) is 70.3 Å². The SMILES string of the molecule is C=C(C)CCc1ccc(NC(=C)CCCCNC)cc1. The molecule has 0 saturated carbocycles. The monoisotopic (exact) mass is 272 g/mol. The number of hydrogen-bond acceptors (Lipinski definition) is 2. The average Bonchev–Trinajstić information content (AvgIpc) is 2.43. The van der Waals surface area contributed by atoms with Gasteiger partial charge < -0.3 is 10.6 Å². The predicted octanol–water partition coefficient (Wildman–Crippen LogP) is 4.51.